The van der Waals surface area contributed by atoms with Crippen LogP contribution in [-0.4, -0.2) is 20.8 Å². The molecule has 0 saturated heterocycles. The molecule has 0 aliphatic rings. The Hall–Kier alpha value is -1.23. The number of hydrogen-bond donors (Lipinski definition) is 1. The van der Waals surface area contributed by atoms with Crippen molar-refractivity contribution < 1.29 is 9.47 Å². The van der Waals surface area contributed by atoms with Gasteiger partial charge in [-0.25, -0.2) is 0 Å². The monoisotopic (exact) mass is 325 g/mol. The topological polar surface area (TPSA) is 30.5 Å². The lowest BCUT2D eigenvalue weighted by atomic mass is 10.0. The minimum atomic E-state index is 0.0430. The van der Waals surface area contributed by atoms with Crippen molar-refractivity contribution in [2.24, 2.45) is 0 Å². The Balaban J connectivity index is 2.43. The van der Waals surface area contributed by atoms with E-state index in [9.17, 15) is 0 Å². The van der Waals surface area contributed by atoms with Gasteiger partial charge in [0, 0.05) is 10.9 Å². The van der Waals surface area contributed by atoms with Crippen LogP contribution in [0.4, 0.5) is 0 Å². The maximum absolute atomic E-state index is 6.32. The highest BCUT2D eigenvalue weighted by atomic mass is 35.5. The minimum absolute atomic E-state index is 0.0430. The first-order valence-corrected chi connectivity index (χ1v) is 8.14. The molecule has 0 amide bonds. The van der Waals surface area contributed by atoms with Gasteiger partial charge in [-0.15, -0.1) is 11.3 Å². The molecule has 1 atom stereocenters. The molecule has 1 aromatic carbocycles. The fourth-order valence-corrected chi connectivity index (χ4v) is 3.43. The highest BCUT2D eigenvalue weighted by Gasteiger charge is 2.19. The molecule has 5 heteroatoms. The van der Waals surface area contributed by atoms with Crippen molar-refractivity contribution in [2.45, 2.75) is 19.4 Å². The molecule has 2 aromatic rings. The van der Waals surface area contributed by atoms with Gasteiger partial charge in [0.15, 0.2) is 0 Å². The average Bonchev–Trinajstić information content (AvgIpc) is 2.93. The first-order valence-electron chi connectivity index (χ1n) is 6.88. The Morgan fingerprint density at radius 1 is 1.19 bits per heavy atom. The zero-order chi connectivity index (χ0) is 15.2. The standard InChI is InChI=1S/C16H20ClNO2S/c1-4-6-18-15(16-14(17)5-7-21-16)11-8-12(19-2)10-13(9-11)20-3/h5,7-10,15,18H,4,6H2,1-3H3. The maximum Gasteiger partial charge on any atom is 0.122 e. The van der Waals surface area contributed by atoms with E-state index in [-0.39, 0.29) is 6.04 Å². The van der Waals surface area contributed by atoms with E-state index in [2.05, 4.69) is 12.2 Å². The summed E-state index contributed by atoms with van der Waals surface area (Å²) in [5, 5.41) is 6.34. The number of nitrogens with one attached hydrogen (secondary N) is 1. The molecule has 21 heavy (non-hydrogen) atoms. The van der Waals surface area contributed by atoms with Crippen molar-refractivity contribution >= 4 is 22.9 Å². The number of halogens is 1. The van der Waals surface area contributed by atoms with Crippen LogP contribution in [0, 0.1) is 0 Å². The van der Waals surface area contributed by atoms with Gasteiger partial charge in [-0.1, -0.05) is 18.5 Å². The van der Waals surface area contributed by atoms with Crippen molar-refractivity contribution in [2.75, 3.05) is 20.8 Å². The second-order valence-electron chi connectivity index (χ2n) is 4.67. The number of thiophene rings is 1. The van der Waals surface area contributed by atoms with Crippen molar-refractivity contribution in [3.8, 4) is 11.5 Å². The van der Waals surface area contributed by atoms with Crippen LogP contribution < -0.4 is 14.8 Å². The fourth-order valence-electron chi connectivity index (χ4n) is 2.16. The summed E-state index contributed by atoms with van der Waals surface area (Å²) >= 11 is 7.97. The first kappa shape index (κ1) is 16.1. The van der Waals surface area contributed by atoms with Gasteiger partial charge >= 0.3 is 0 Å². The van der Waals surface area contributed by atoms with E-state index in [0.717, 1.165) is 39.9 Å². The third kappa shape index (κ3) is 3.90. The van der Waals surface area contributed by atoms with Crippen molar-refractivity contribution in [1.82, 2.24) is 5.32 Å². The van der Waals surface area contributed by atoms with Gasteiger partial charge in [0.05, 0.1) is 25.3 Å². The van der Waals surface area contributed by atoms with Crippen LogP contribution in [0.5, 0.6) is 11.5 Å². The number of benzene rings is 1. The Labute approximate surface area is 134 Å². The second kappa shape index (κ2) is 7.69. The number of rotatable bonds is 7. The van der Waals surface area contributed by atoms with Crippen LogP contribution >= 0.6 is 22.9 Å². The van der Waals surface area contributed by atoms with E-state index in [1.165, 1.54) is 0 Å². The summed E-state index contributed by atoms with van der Waals surface area (Å²) < 4.78 is 10.7. The molecule has 1 N–H and O–H groups in total. The third-order valence-corrected chi connectivity index (χ3v) is 4.64. The predicted molar refractivity (Wildman–Crippen MR) is 89.0 cm³/mol. The predicted octanol–water partition coefficient (Wildman–Crippen LogP) is 4.51. The lowest BCUT2D eigenvalue weighted by Crippen LogP contribution is -2.22. The lowest BCUT2D eigenvalue weighted by molar-refractivity contribution is 0.392. The molecular formula is C16H20ClNO2S. The summed E-state index contributed by atoms with van der Waals surface area (Å²) in [6, 6.07) is 7.88. The van der Waals surface area contributed by atoms with Gasteiger partial charge in [-0.2, -0.15) is 0 Å². The number of ether oxygens (including phenoxy) is 2. The molecule has 0 fully saturated rings. The molecule has 0 spiro atoms. The van der Waals surface area contributed by atoms with Crippen molar-refractivity contribution in [3.05, 3.63) is 45.1 Å². The van der Waals surface area contributed by atoms with E-state index in [1.54, 1.807) is 25.6 Å². The molecule has 1 aromatic heterocycles. The Kier molecular flexibility index (Phi) is 5.91. The van der Waals surface area contributed by atoms with Crippen molar-refractivity contribution in [1.29, 1.82) is 0 Å². The SMILES string of the molecule is CCCNC(c1cc(OC)cc(OC)c1)c1sccc1Cl. The molecule has 1 heterocycles. The zero-order valence-corrected chi connectivity index (χ0v) is 14.1. The van der Waals surface area contributed by atoms with Crippen LogP contribution in [0.3, 0.4) is 0 Å². The summed E-state index contributed by atoms with van der Waals surface area (Å²) in [6.45, 7) is 3.06. The van der Waals surface area contributed by atoms with E-state index in [1.807, 2.05) is 29.6 Å². The normalized spacial score (nSPS) is 12.2. The van der Waals surface area contributed by atoms with Crippen LogP contribution in [0.1, 0.15) is 29.8 Å². The molecule has 0 aliphatic heterocycles. The molecule has 0 radical (unpaired) electrons. The van der Waals surface area contributed by atoms with E-state index < -0.39 is 0 Å². The molecule has 0 saturated carbocycles. The summed E-state index contributed by atoms with van der Waals surface area (Å²) in [4.78, 5) is 1.11. The van der Waals surface area contributed by atoms with E-state index >= 15 is 0 Å². The van der Waals surface area contributed by atoms with Gasteiger partial charge in [0.2, 0.25) is 0 Å². The van der Waals surface area contributed by atoms with Gasteiger partial charge < -0.3 is 14.8 Å². The average molecular weight is 326 g/mol. The quantitative estimate of drug-likeness (QED) is 0.812. The third-order valence-electron chi connectivity index (χ3n) is 3.21. The Morgan fingerprint density at radius 2 is 1.86 bits per heavy atom. The largest absolute Gasteiger partial charge is 0.497 e. The number of hydrogen-bond acceptors (Lipinski definition) is 4. The summed E-state index contributed by atoms with van der Waals surface area (Å²) in [5.74, 6) is 1.56. The highest BCUT2D eigenvalue weighted by Crippen LogP contribution is 2.36. The van der Waals surface area contributed by atoms with Gasteiger partial charge in [-0.3, -0.25) is 0 Å². The highest BCUT2D eigenvalue weighted by molar-refractivity contribution is 7.10. The molecule has 3 nitrogen and oxygen atoms in total. The molecule has 0 aliphatic carbocycles. The fraction of sp³-hybridized carbons (Fsp3) is 0.375. The zero-order valence-electron chi connectivity index (χ0n) is 12.5. The molecule has 114 valence electrons. The minimum Gasteiger partial charge on any atom is -0.497 e. The van der Waals surface area contributed by atoms with E-state index in [4.69, 9.17) is 21.1 Å². The first-order chi connectivity index (χ1) is 10.2. The van der Waals surface area contributed by atoms with Crippen LogP contribution in [-0.2, 0) is 0 Å². The molecule has 0 bridgehead atoms. The summed E-state index contributed by atoms with van der Waals surface area (Å²) in [7, 11) is 3.32. The maximum atomic E-state index is 6.32. The van der Waals surface area contributed by atoms with Crippen molar-refractivity contribution in [3.63, 3.8) is 0 Å². The van der Waals surface area contributed by atoms with Gasteiger partial charge in [0.25, 0.3) is 0 Å². The lowest BCUT2D eigenvalue weighted by Gasteiger charge is -2.20. The molecular weight excluding hydrogens is 306 g/mol. The number of methoxy groups -OCH3 is 2. The van der Waals surface area contributed by atoms with Crippen LogP contribution in [0.2, 0.25) is 5.02 Å². The smallest absolute Gasteiger partial charge is 0.122 e. The molecule has 1 unspecified atom stereocenters. The van der Waals surface area contributed by atoms with Gasteiger partial charge in [-0.05, 0) is 42.1 Å². The molecule has 2 rings (SSSR count). The van der Waals surface area contributed by atoms with Crippen LogP contribution in [0.25, 0.3) is 0 Å². The summed E-state index contributed by atoms with van der Waals surface area (Å²) in [5.41, 5.74) is 1.09. The second-order valence-corrected chi connectivity index (χ2v) is 6.02. The van der Waals surface area contributed by atoms with Crippen LogP contribution in [0.15, 0.2) is 29.6 Å². The van der Waals surface area contributed by atoms with Gasteiger partial charge in [0.1, 0.15) is 11.5 Å². The van der Waals surface area contributed by atoms with E-state index in [0.29, 0.717) is 0 Å². The Morgan fingerprint density at radius 3 is 2.33 bits per heavy atom. The summed E-state index contributed by atoms with van der Waals surface area (Å²) in [6.07, 6.45) is 1.06. The Bertz CT molecular complexity index is 563.